The molecule has 0 radical (unpaired) electrons. The molecule has 0 amide bonds. The van der Waals surface area contributed by atoms with E-state index in [0.717, 1.165) is 11.5 Å². The van der Waals surface area contributed by atoms with Crippen molar-refractivity contribution in [1.82, 2.24) is 0 Å². The Balaban J connectivity index is 1.27. The average molecular weight is 461 g/mol. The highest BCUT2D eigenvalue weighted by molar-refractivity contribution is 6.87. The molecule has 170 valence electrons. The van der Waals surface area contributed by atoms with Crippen molar-refractivity contribution in [1.29, 1.82) is 0 Å². The number of ether oxygens (including phenoxy) is 1. The highest BCUT2D eigenvalue weighted by Crippen LogP contribution is 2.37. The largest absolute Gasteiger partial charge is 0.458 e. The summed E-state index contributed by atoms with van der Waals surface area (Å²) in [6.07, 6.45) is 0. The summed E-state index contributed by atoms with van der Waals surface area (Å²) < 4.78 is 6.21. The molecule has 5 aromatic carbocycles. The van der Waals surface area contributed by atoms with E-state index in [9.17, 15) is 0 Å². The summed E-state index contributed by atoms with van der Waals surface area (Å²) in [6.45, 7) is 5.24. The second-order valence-electron chi connectivity index (χ2n) is 9.84. The van der Waals surface area contributed by atoms with Crippen molar-refractivity contribution in [2.24, 2.45) is 0 Å². The van der Waals surface area contributed by atoms with Crippen molar-refractivity contribution in [3.05, 3.63) is 115 Å². The van der Waals surface area contributed by atoms with Gasteiger partial charge in [0.15, 0.2) is 0 Å². The van der Waals surface area contributed by atoms with Crippen molar-refractivity contribution in [3.63, 3.8) is 0 Å². The van der Waals surface area contributed by atoms with Gasteiger partial charge in [-0.15, -0.1) is 0 Å². The molecule has 0 N–H and O–H groups in total. The summed E-state index contributed by atoms with van der Waals surface area (Å²) in [4.78, 5) is 2.40. The van der Waals surface area contributed by atoms with E-state index >= 15 is 0 Å². The maximum atomic E-state index is 6.21. The van der Waals surface area contributed by atoms with Gasteiger partial charge in [0, 0.05) is 17.1 Å². The van der Waals surface area contributed by atoms with Gasteiger partial charge in [0.05, 0.1) is 0 Å². The van der Waals surface area contributed by atoms with E-state index in [4.69, 9.17) is 4.74 Å². The van der Waals surface area contributed by atoms with Crippen LogP contribution in [0.1, 0.15) is 0 Å². The molecular weight excluding hydrogens is 436 g/mol. The third kappa shape index (κ3) is 3.21. The number of hydrogen-bond donors (Lipinski definition) is 0. The molecule has 0 aliphatic carbocycles. The van der Waals surface area contributed by atoms with Gasteiger partial charge in [0.2, 0.25) is 13.4 Å². The fourth-order valence-electron chi connectivity index (χ4n) is 5.87. The predicted octanol–water partition coefficient (Wildman–Crippen LogP) is 5.72. The van der Waals surface area contributed by atoms with Crippen LogP contribution in [0.3, 0.4) is 0 Å². The molecule has 2 aliphatic heterocycles. The molecule has 0 atom stereocenters. The zero-order chi connectivity index (χ0) is 24.2. The molecule has 0 fully saturated rings. The molecule has 5 aromatic rings. The summed E-state index contributed by atoms with van der Waals surface area (Å²) >= 11 is 0. The van der Waals surface area contributed by atoms with Crippen LogP contribution in [0.25, 0.3) is 11.1 Å². The maximum Gasteiger partial charge on any atom is 0.216 e. The molecule has 36 heavy (non-hydrogen) atoms. The van der Waals surface area contributed by atoms with Crippen molar-refractivity contribution in [2.75, 3.05) is 4.90 Å². The first-order valence-corrected chi connectivity index (χ1v) is 12.7. The van der Waals surface area contributed by atoms with Crippen molar-refractivity contribution < 1.29 is 4.74 Å². The zero-order valence-corrected chi connectivity index (χ0v) is 20.5. The third-order valence-electron chi connectivity index (χ3n) is 7.83. The fourth-order valence-corrected chi connectivity index (χ4v) is 5.87. The smallest absolute Gasteiger partial charge is 0.216 e. The van der Waals surface area contributed by atoms with Crippen LogP contribution in [-0.4, -0.2) is 13.4 Å². The van der Waals surface area contributed by atoms with Crippen LogP contribution >= 0.6 is 0 Å². The monoisotopic (exact) mass is 461 g/mol. The van der Waals surface area contributed by atoms with Crippen LogP contribution in [0, 0.1) is 0 Å². The first-order chi connectivity index (χ1) is 17.7. The fraction of sp³-hybridized carbons (Fsp3) is 0.0625. The number of benzene rings is 5. The quantitative estimate of drug-likeness (QED) is 0.312. The molecule has 0 saturated heterocycles. The molecule has 0 spiro atoms. The number of hydrogen-bond acceptors (Lipinski definition) is 2. The Morgan fingerprint density at radius 2 is 1.03 bits per heavy atom. The topological polar surface area (TPSA) is 12.5 Å². The summed E-state index contributed by atoms with van der Waals surface area (Å²) in [5.41, 5.74) is 11.3. The lowest BCUT2D eigenvalue weighted by Gasteiger charge is -2.35. The Kier molecular flexibility index (Phi) is 4.82. The minimum Gasteiger partial charge on any atom is -0.458 e. The SMILES string of the molecule is CB1c2ccccc2Oc2ccc(-c3ccc(N4c5ccccc5B(C)c5ccccc54)cc3)cc21. The number of nitrogens with zero attached hydrogens (tertiary/aromatic N) is 1. The Hall–Kier alpha value is -4.17. The molecule has 7 rings (SSSR count). The summed E-state index contributed by atoms with van der Waals surface area (Å²) in [5.74, 6) is 1.92. The van der Waals surface area contributed by atoms with Gasteiger partial charge in [0.25, 0.3) is 0 Å². The van der Waals surface area contributed by atoms with E-state index in [1.165, 1.54) is 50.0 Å². The van der Waals surface area contributed by atoms with Crippen molar-refractivity contribution in [2.45, 2.75) is 13.6 Å². The second kappa shape index (κ2) is 8.20. The molecule has 2 heterocycles. The molecule has 0 unspecified atom stereocenters. The van der Waals surface area contributed by atoms with Gasteiger partial charge in [-0.2, -0.15) is 0 Å². The van der Waals surface area contributed by atoms with E-state index in [1.807, 2.05) is 6.07 Å². The van der Waals surface area contributed by atoms with Crippen molar-refractivity contribution in [3.8, 4) is 22.6 Å². The van der Waals surface area contributed by atoms with E-state index in [1.54, 1.807) is 0 Å². The molecule has 2 aliphatic rings. The van der Waals surface area contributed by atoms with Gasteiger partial charge in [-0.3, -0.25) is 0 Å². The normalized spacial score (nSPS) is 13.3. The number of anilines is 3. The standard InChI is InChI=1S/C32H25B2NO/c1-33-25-9-3-6-12-29(25)35(30-13-7-4-10-26(30)33)24-18-15-22(16-19-24)23-17-20-32-28(21-23)34(2)27-11-5-8-14-31(27)36-32/h3-21H,1-2H3. The van der Waals surface area contributed by atoms with E-state index in [2.05, 4.69) is 128 Å². The molecule has 4 heteroatoms. The van der Waals surface area contributed by atoms with Crippen LogP contribution in [0.15, 0.2) is 115 Å². The predicted molar refractivity (Wildman–Crippen MR) is 155 cm³/mol. The van der Waals surface area contributed by atoms with Crippen LogP contribution in [0.2, 0.25) is 13.6 Å². The Bertz CT molecular complexity index is 1560. The van der Waals surface area contributed by atoms with Gasteiger partial charge in [-0.1, -0.05) is 103 Å². The second-order valence-corrected chi connectivity index (χ2v) is 9.84. The summed E-state index contributed by atoms with van der Waals surface area (Å²) in [5, 5.41) is 0. The molecule has 0 aromatic heterocycles. The molecular formula is C32H25B2NO. The summed E-state index contributed by atoms with van der Waals surface area (Å²) in [6, 6.07) is 41.4. The van der Waals surface area contributed by atoms with Gasteiger partial charge < -0.3 is 9.64 Å². The van der Waals surface area contributed by atoms with Gasteiger partial charge in [-0.25, -0.2) is 0 Å². The van der Waals surface area contributed by atoms with Gasteiger partial charge in [-0.05, 0) is 58.5 Å². The Morgan fingerprint density at radius 3 is 1.72 bits per heavy atom. The van der Waals surface area contributed by atoms with E-state index in [0.29, 0.717) is 13.4 Å². The van der Waals surface area contributed by atoms with Crippen LogP contribution in [0.4, 0.5) is 17.1 Å². The van der Waals surface area contributed by atoms with Gasteiger partial charge in [0.1, 0.15) is 11.5 Å². The molecule has 0 saturated carbocycles. The first-order valence-electron chi connectivity index (χ1n) is 12.7. The van der Waals surface area contributed by atoms with Crippen LogP contribution < -0.4 is 31.5 Å². The lowest BCUT2D eigenvalue weighted by molar-refractivity contribution is 0.487. The first kappa shape index (κ1) is 21.1. The average Bonchev–Trinajstić information content (AvgIpc) is 2.94. The summed E-state index contributed by atoms with van der Waals surface area (Å²) in [7, 11) is 0. The molecule has 2 nitrogen and oxygen atoms in total. The maximum absolute atomic E-state index is 6.21. The zero-order valence-electron chi connectivity index (χ0n) is 20.5. The highest BCUT2D eigenvalue weighted by Gasteiger charge is 2.30. The lowest BCUT2D eigenvalue weighted by atomic mass is 9.40. The van der Waals surface area contributed by atoms with E-state index < -0.39 is 0 Å². The highest BCUT2D eigenvalue weighted by atomic mass is 16.5. The number of rotatable bonds is 2. The number of para-hydroxylation sites is 3. The minimum atomic E-state index is 0.299. The third-order valence-corrected chi connectivity index (χ3v) is 7.83. The lowest BCUT2D eigenvalue weighted by Crippen LogP contribution is -2.47. The van der Waals surface area contributed by atoms with Crippen LogP contribution in [-0.2, 0) is 0 Å². The van der Waals surface area contributed by atoms with E-state index in [-0.39, 0.29) is 0 Å². The number of fused-ring (bicyclic) bond motifs is 4. The van der Waals surface area contributed by atoms with Crippen molar-refractivity contribution >= 4 is 52.3 Å². The molecule has 0 bridgehead atoms. The minimum absolute atomic E-state index is 0.299. The Labute approximate surface area is 213 Å². The Morgan fingerprint density at radius 1 is 0.500 bits per heavy atom. The van der Waals surface area contributed by atoms with Gasteiger partial charge >= 0.3 is 0 Å². The van der Waals surface area contributed by atoms with Crippen LogP contribution in [0.5, 0.6) is 11.5 Å².